The highest BCUT2D eigenvalue weighted by atomic mass is 32.2. The van der Waals surface area contributed by atoms with Gasteiger partial charge in [0, 0.05) is 30.3 Å². The molecule has 0 aliphatic carbocycles. The van der Waals surface area contributed by atoms with Crippen molar-refractivity contribution in [1.82, 2.24) is 14.9 Å². The molecule has 1 aromatic carbocycles. The van der Waals surface area contributed by atoms with Crippen LogP contribution in [0.5, 0.6) is 0 Å². The minimum Gasteiger partial charge on any atom is -0.354 e. The second-order valence-corrected chi connectivity index (χ2v) is 5.73. The second-order valence-electron chi connectivity index (χ2n) is 4.63. The molecule has 0 aliphatic heterocycles. The lowest BCUT2D eigenvalue weighted by Gasteiger charge is -2.06. The first-order valence-electron chi connectivity index (χ1n) is 6.83. The van der Waals surface area contributed by atoms with Crippen LogP contribution in [0.4, 0.5) is 0 Å². The molecule has 1 amide bonds. The topological polar surface area (TPSA) is 84.0 Å². The van der Waals surface area contributed by atoms with E-state index in [0.717, 1.165) is 16.1 Å². The molecule has 0 fully saturated rings. The Kier molecular flexibility index (Phi) is 6.02. The molecule has 0 saturated carbocycles. The lowest BCUT2D eigenvalue weighted by Crippen LogP contribution is -2.36. The van der Waals surface area contributed by atoms with Crippen molar-refractivity contribution in [1.29, 1.82) is 0 Å². The van der Waals surface area contributed by atoms with E-state index in [0.29, 0.717) is 6.54 Å². The quantitative estimate of drug-likeness (QED) is 0.732. The van der Waals surface area contributed by atoms with Crippen molar-refractivity contribution in [2.75, 3.05) is 12.3 Å². The third-order valence-corrected chi connectivity index (χ3v) is 3.92. The lowest BCUT2D eigenvalue weighted by molar-refractivity contribution is -0.121. The van der Waals surface area contributed by atoms with Crippen LogP contribution in [0.3, 0.4) is 0 Å². The molecule has 1 heterocycles. The molecule has 0 bridgehead atoms. The SMILES string of the molecule is O=C(Cn1ccc(=O)[nH]c1=O)NCCSCc1ccccc1. The predicted molar refractivity (Wildman–Crippen MR) is 86.9 cm³/mol. The van der Waals surface area contributed by atoms with E-state index >= 15 is 0 Å². The Morgan fingerprint density at radius 2 is 1.95 bits per heavy atom. The Morgan fingerprint density at radius 3 is 2.68 bits per heavy atom. The molecule has 0 aliphatic rings. The first-order chi connectivity index (χ1) is 10.6. The van der Waals surface area contributed by atoms with E-state index in [1.54, 1.807) is 11.8 Å². The number of aromatic amines is 1. The number of thioether (sulfide) groups is 1. The Labute approximate surface area is 131 Å². The van der Waals surface area contributed by atoms with Crippen molar-refractivity contribution < 1.29 is 4.79 Å². The summed E-state index contributed by atoms with van der Waals surface area (Å²) < 4.78 is 1.16. The maximum absolute atomic E-state index is 11.7. The van der Waals surface area contributed by atoms with Crippen LogP contribution in [0.15, 0.2) is 52.2 Å². The van der Waals surface area contributed by atoms with Gasteiger partial charge in [-0.2, -0.15) is 11.8 Å². The number of hydrogen-bond acceptors (Lipinski definition) is 4. The van der Waals surface area contributed by atoms with Gasteiger partial charge in [0.05, 0.1) is 0 Å². The highest BCUT2D eigenvalue weighted by Crippen LogP contribution is 2.10. The number of aromatic nitrogens is 2. The van der Waals surface area contributed by atoms with Gasteiger partial charge < -0.3 is 5.32 Å². The van der Waals surface area contributed by atoms with Gasteiger partial charge in [-0.25, -0.2) is 4.79 Å². The highest BCUT2D eigenvalue weighted by molar-refractivity contribution is 7.98. The second kappa shape index (κ2) is 8.23. The van der Waals surface area contributed by atoms with E-state index in [-0.39, 0.29) is 12.5 Å². The molecule has 6 nitrogen and oxygen atoms in total. The number of nitrogens with one attached hydrogen (secondary N) is 2. The number of hydrogen-bond donors (Lipinski definition) is 2. The molecule has 2 N–H and O–H groups in total. The summed E-state index contributed by atoms with van der Waals surface area (Å²) in [6.45, 7) is 0.438. The Bertz CT molecular complexity index is 725. The first-order valence-corrected chi connectivity index (χ1v) is 7.99. The van der Waals surface area contributed by atoms with E-state index in [1.807, 2.05) is 18.2 Å². The van der Waals surface area contributed by atoms with Crippen molar-refractivity contribution >= 4 is 17.7 Å². The third-order valence-electron chi connectivity index (χ3n) is 2.89. The fraction of sp³-hybridized carbons (Fsp3) is 0.267. The number of benzene rings is 1. The largest absolute Gasteiger partial charge is 0.354 e. The maximum Gasteiger partial charge on any atom is 0.328 e. The summed E-state index contributed by atoms with van der Waals surface area (Å²) in [5.74, 6) is 1.44. The molecule has 0 radical (unpaired) electrons. The Hall–Kier alpha value is -2.28. The molecular formula is C15H17N3O3S. The van der Waals surface area contributed by atoms with Crippen LogP contribution in [-0.2, 0) is 17.1 Å². The minimum atomic E-state index is -0.582. The first kappa shape index (κ1) is 16.1. The molecule has 7 heteroatoms. The van der Waals surface area contributed by atoms with Crippen molar-refractivity contribution in [3.05, 3.63) is 69.0 Å². The number of carbonyl (C=O) groups is 1. The summed E-state index contributed by atoms with van der Waals surface area (Å²) in [7, 11) is 0. The van der Waals surface area contributed by atoms with Crippen LogP contribution in [0.25, 0.3) is 0 Å². The maximum atomic E-state index is 11.7. The molecule has 1 aromatic heterocycles. The zero-order chi connectivity index (χ0) is 15.8. The molecule has 116 valence electrons. The predicted octanol–water partition coefficient (Wildman–Crippen LogP) is 0.586. The van der Waals surface area contributed by atoms with Crippen LogP contribution in [-0.4, -0.2) is 27.8 Å². The Balaban J connectivity index is 1.67. The van der Waals surface area contributed by atoms with Gasteiger partial charge in [-0.05, 0) is 5.56 Å². The number of carbonyl (C=O) groups excluding carboxylic acids is 1. The van der Waals surface area contributed by atoms with Gasteiger partial charge in [-0.3, -0.25) is 19.1 Å². The standard InChI is InChI=1S/C15H17N3O3S/c19-13-6-8-18(15(21)17-13)10-14(20)16-7-9-22-11-12-4-2-1-3-5-12/h1-6,8H,7,9-11H2,(H,16,20)(H,17,19,21). The normalized spacial score (nSPS) is 10.4. The fourth-order valence-corrected chi connectivity index (χ4v) is 2.63. The van der Waals surface area contributed by atoms with E-state index < -0.39 is 11.2 Å². The van der Waals surface area contributed by atoms with Crippen molar-refractivity contribution in [3.63, 3.8) is 0 Å². The van der Waals surface area contributed by atoms with Crippen LogP contribution in [0.1, 0.15) is 5.56 Å². The molecule has 0 spiro atoms. The molecule has 22 heavy (non-hydrogen) atoms. The summed E-state index contributed by atoms with van der Waals surface area (Å²) >= 11 is 1.73. The smallest absolute Gasteiger partial charge is 0.328 e. The average Bonchev–Trinajstić information content (AvgIpc) is 2.51. The van der Waals surface area contributed by atoms with Crippen LogP contribution < -0.4 is 16.6 Å². The van der Waals surface area contributed by atoms with Gasteiger partial charge in [-0.1, -0.05) is 30.3 Å². The number of rotatable bonds is 7. The van der Waals surface area contributed by atoms with Crippen LogP contribution in [0.2, 0.25) is 0 Å². The summed E-state index contributed by atoms with van der Waals surface area (Å²) in [6.07, 6.45) is 1.31. The monoisotopic (exact) mass is 319 g/mol. The zero-order valence-electron chi connectivity index (χ0n) is 12.0. The van der Waals surface area contributed by atoms with E-state index in [1.165, 1.54) is 17.8 Å². The fourth-order valence-electron chi connectivity index (χ4n) is 1.81. The van der Waals surface area contributed by atoms with Gasteiger partial charge in [0.15, 0.2) is 0 Å². The summed E-state index contributed by atoms with van der Waals surface area (Å²) in [6, 6.07) is 11.3. The summed E-state index contributed by atoms with van der Waals surface area (Å²) in [5, 5.41) is 2.75. The number of nitrogens with zero attached hydrogens (tertiary/aromatic N) is 1. The summed E-state index contributed by atoms with van der Waals surface area (Å²) in [4.78, 5) is 36.2. The molecule has 0 saturated heterocycles. The van der Waals surface area contributed by atoms with E-state index in [2.05, 4.69) is 22.4 Å². The van der Waals surface area contributed by atoms with Crippen LogP contribution >= 0.6 is 11.8 Å². The lowest BCUT2D eigenvalue weighted by atomic mass is 10.2. The molecule has 0 unspecified atom stereocenters. The van der Waals surface area contributed by atoms with Gasteiger partial charge in [0.25, 0.3) is 5.56 Å². The van der Waals surface area contributed by atoms with Crippen molar-refractivity contribution in [2.24, 2.45) is 0 Å². The van der Waals surface area contributed by atoms with Crippen molar-refractivity contribution in [2.45, 2.75) is 12.3 Å². The summed E-state index contributed by atoms with van der Waals surface area (Å²) in [5.41, 5.74) is 0.193. The van der Waals surface area contributed by atoms with Crippen molar-refractivity contribution in [3.8, 4) is 0 Å². The Morgan fingerprint density at radius 1 is 1.18 bits per heavy atom. The number of amides is 1. The van der Waals surface area contributed by atoms with Crippen LogP contribution in [0, 0.1) is 0 Å². The van der Waals surface area contributed by atoms with Gasteiger partial charge >= 0.3 is 5.69 Å². The molecular weight excluding hydrogens is 302 g/mol. The molecule has 2 rings (SSSR count). The van der Waals surface area contributed by atoms with Gasteiger partial charge in [0.1, 0.15) is 6.54 Å². The van der Waals surface area contributed by atoms with Gasteiger partial charge in [0.2, 0.25) is 5.91 Å². The number of H-pyrrole nitrogens is 1. The highest BCUT2D eigenvalue weighted by Gasteiger charge is 2.04. The van der Waals surface area contributed by atoms with E-state index in [9.17, 15) is 14.4 Å². The molecule has 0 atom stereocenters. The minimum absolute atomic E-state index is 0.0982. The third kappa shape index (κ3) is 5.25. The van der Waals surface area contributed by atoms with Gasteiger partial charge in [-0.15, -0.1) is 0 Å². The zero-order valence-corrected chi connectivity index (χ0v) is 12.8. The van der Waals surface area contributed by atoms with E-state index in [4.69, 9.17) is 0 Å². The average molecular weight is 319 g/mol. The molecule has 2 aromatic rings.